The van der Waals surface area contributed by atoms with Gasteiger partial charge in [0, 0.05) is 46.1 Å². The lowest BCUT2D eigenvalue weighted by atomic mass is 10.1. The highest BCUT2D eigenvalue weighted by Gasteiger charge is 2.12. The molecule has 0 bridgehead atoms. The fourth-order valence-electron chi connectivity index (χ4n) is 3.38. The Bertz CT molecular complexity index is 1220. The van der Waals surface area contributed by atoms with Gasteiger partial charge in [0.25, 0.3) is 0 Å². The topological polar surface area (TPSA) is 71.8 Å². The molecular formula is C24H24ClN5O. The predicted molar refractivity (Wildman–Crippen MR) is 126 cm³/mol. The van der Waals surface area contributed by atoms with Gasteiger partial charge in [0.2, 0.25) is 11.9 Å². The molecule has 2 aromatic carbocycles. The molecule has 4 rings (SSSR count). The molecule has 7 heteroatoms. The Labute approximate surface area is 186 Å². The second-order valence-electron chi connectivity index (χ2n) is 7.78. The van der Waals surface area contributed by atoms with E-state index in [0.29, 0.717) is 23.4 Å². The molecule has 0 unspecified atom stereocenters. The van der Waals surface area contributed by atoms with Crippen molar-refractivity contribution in [3.05, 3.63) is 72.0 Å². The Hall–Kier alpha value is -3.38. The monoisotopic (exact) mass is 433 g/mol. The molecule has 31 heavy (non-hydrogen) atoms. The van der Waals surface area contributed by atoms with E-state index >= 15 is 0 Å². The molecule has 2 heterocycles. The first kappa shape index (κ1) is 20.9. The molecule has 158 valence electrons. The number of anilines is 2. The zero-order valence-corrected chi connectivity index (χ0v) is 18.2. The average Bonchev–Trinajstić information content (AvgIpc) is 3.15. The second-order valence-corrected chi connectivity index (χ2v) is 8.22. The van der Waals surface area contributed by atoms with Crippen LogP contribution in [0.1, 0.15) is 13.8 Å². The van der Waals surface area contributed by atoms with Gasteiger partial charge in [-0.15, -0.1) is 0 Å². The van der Waals surface area contributed by atoms with Crippen molar-refractivity contribution in [3.8, 4) is 11.3 Å². The van der Waals surface area contributed by atoms with E-state index < -0.39 is 0 Å². The normalized spacial score (nSPS) is 11.1. The molecule has 0 aliphatic rings. The molecule has 0 saturated heterocycles. The van der Waals surface area contributed by atoms with Crippen molar-refractivity contribution >= 4 is 40.0 Å². The number of carbonyl (C=O) groups is 1. The van der Waals surface area contributed by atoms with Gasteiger partial charge in [-0.1, -0.05) is 43.6 Å². The Kier molecular flexibility index (Phi) is 6.18. The average molecular weight is 434 g/mol. The van der Waals surface area contributed by atoms with Crippen LogP contribution in [0.4, 0.5) is 11.6 Å². The van der Waals surface area contributed by atoms with Crippen molar-refractivity contribution in [1.82, 2.24) is 19.9 Å². The Morgan fingerprint density at radius 3 is 2.77 bits per heavy atom. The third-order valence-corrected chi connectivity index (χ3v) is 5.08. The number of aromatic nitrogens is 3. The molecule has 0 aliphatic carbocycles. The molecule has 0 aliphatic heterocycles. The quantitative estimate of drug-likeness (QED) is 0.416. The first-order chi connectivity index (χ1) is 15.0. The van der Waals surface area contributed by atoms with Crippen LogP contribution in [0.2, 0.25) is 5.02 Å². The Morgan fingerprint density at radius 1 is 1.13 bits per heavy atom. The lowest BCUT2D eigenvalue weighted by Crippen LogP contribution is -2.30. The van der Waals surface area contributed by atoms with Gasteiger partial charge in [-0.25, -0.2) is 9.97 Å². The van der Waals surface area contributed by atoms with Crippen LogP contribution in [-0.4, -0.2) is 27.0 Å². The van der Waals surface area contributed by atoms with Crippen LogP contribution in [0.15, 0.2) is 67.0 Å². The minimum Gasteiger partial charge on any atom is -0.354 e. The number of amides is 1. The van der Waals surface area contributed by atoms with Gasteiger partial charge in [-0.05, 0) is 42.3 Å². The van der Waals surface area contributed by atoms with Crippen molar-refractivity contribution in [2.75, 3.05) is 11.9 Å². The van der Waals surface area contributed by atoms with Gasteiger partial charge < -0.3 is 15.2 Å². The van der Waals surface area contributed by atoms with Crippen molar-refractivity contribution in [1.29, 1.82) is 0 Å². The molecule has 0 fully saturated rings. The summed E-state index contributed by atoms with van der Waals surface area (Å²) in [5.41, 5.74) is 3.59. The smallest absolute Gasteiger partial charge is 0.239 e. The molecule has 1 amide bonds. The van der Waals surface area contributed by atoms with Gasteiger partial charge in [0.15, 0.2) is 0 Å². The summed E-state index contributed by atoms with van der Waals surface area (Å²) in [6, 6.07) is 17.3. The predicted octanol–water partition coefficient (Wildman–Crippen LogP) is 5.27. The summed E-state index contributed by atoms with van der Waals surface area (Å²) in [6.07, 6.45) is 3.67. The summed E-state index contributed by atoms with van der Waals surface area (Å²) in [5.74, 6) is 0.917. The summed E-state index contributed by atoms with van der Waals surface area (Å²) in [6.45, 7) is 5.11. The summed E-state index contributed by atoms with van der Waals surface area (Å²) >= 11 is 6.07. The molecule has 4 aromatic rings. The molecule has 2 N–H and O–H groups in total. The largest absolute Gasteiger partial charge is 0.354 e. The molecule has 0 radical (unpaired) electrons. The maximum atomic E-state index is 12.3. The van der Waals surface area contributed by atoms with Crippen LogP contribution in [0, 0.1) is 5.92 Å². The fraction of sp³-hybridized carbons (Fsp3) is 0.208. The number of carbonyl (C=O) groups excluding carboxylic acids is 1. The SMILES string of the molecule is CC(C)CNC(=O)Cn1ccc2c(-c3ccnc(Nc4cccc(Cl)c4)n3)cccc21. The molecule has 2 aromatic heterocycles. The summed E-state index contributed by atoms with van der Waals surface area (Å²) < 4.78 is 1.96. The molecule has 0 spiro atoms. The van der Waals surface area contributed by atoms with Gasteiger partial charge in [0.05, 0.1) is 5.69 Å². The molecule has 0 saturated carbocycles. The maximum Gasteiger partial charge on any atom is 0.239 e. The van der Waals surface area contributed by atoms with Gasteiger partial charge in [-0.2, -0.15) is 0 Å². The fourth-order valence-corrected chi connectivity index (χ4v) is 3.57. The van der Waals surface area contributed by atoms with E-state index in [1.165, 1.54) is 0 Å². The number of nitrogens with one attached hydrogen (secondary N) is 2. The second kappa shape index (κ2) is 9.18. The van der Waals surface area contributed by atoms with Crippen molar-refractivity contribution in [3.63, 3.8) is 0 Å². The van der Waals surface area contributed by atoms with Crippen LogP contribution in [0.3, 0.4) is 0 Å². The lowest BCUT2D eigenvalue weighted by molar-refractivity contribution is -0.121. The van der Waals surface area contributed by atoms with Gasteiger partial charge >= 0.3 is 0 Å². The minimum atomic E-state index is 0.00615. The first-order valence-electron chi connectivity index (χ1n) is 10.2. The summed E-state index contributed by atoms with van der Waals surface area (Å²) in [7, 11) is 0. The third-order valence-electron chi connectivity index (χ3n) is 4.85. The third kappa shape index (κ3) is 5.03. The zero-order chi connectivity index (χ0) is 21.8. The van der Waals surface area contributed by atoms with E-state index in [1.54, 1.807) is 6.20 Å². The number of hydrogen-bond acceptors (Lipinski definition) is 4. The van der Waals surface area contributed by atoms with E-state index in [4.69, 9.17) is 11.6 Å². The first-order valence-corrected chi connectivity index (χ1v) is 10.6. The highest BCUT2D eigenvalue weighted by Crippen LogP contribution is 2.29. The summed E-state index contributed by atoms with van der Waals surface area (Å²) in [4.78, 5) is 21.3. The van der Waals surface area contributed by atoms with Crippen LogP contribution in [0.25, 0.3) is 22.2 Å². The van der Waals surface area contributed by atoms with Crippen molar-refractivity contribution < 1.29 is 4.79 Å². The van der Waals surface area contributed by atoms with Crippen molar-refractivity contribution in [2.45, 2.75) is 20.4 Å². The minimum absolute atomic E-state index is 0.00615. The number of nitrogens with zero attached hydrogens (tertiary/aromatic N) is 3. The lowest BCUT2D eigenvalue weighted by Gasteiger charge is -2.10. The van der Waals surface area contributed by atoms with E-state index in [-0.39, 0.29) is 12.5 Å². The highest BCUT2D eigenvalue weighted by atomic mass is 35.5. The number of hydrogen-bond donors (Lipinski definition) is 2. The number of benzene rings is 2. The van der Waals surface area contributed by atoms with E-state index in [9.17, 15) is 4.79 Å². The Morgan fingerprint density at radius 2 is 1.97 bits per heavy atom. The standard InChI is InChI=1S/C24H24ClN5O/c1-16(2)14-27-23(31)15-30-12-10-20-19(7-4-8-22(20)30)21-9-11-26-24(29-21)28-18-6-3-5-17(25)13-18/h3-13,16H,14-15H2,1-2H3,(H,27,31)(H,26,28,29). The van der Waals surface area contributed by atoms with Crippen LogP contribution < -0.4 is 10.6 Å². The van der Waals surface area contributed by atoms with Crippen LogP contribution >= 0.6 is 11.6 Å². The van der Waals surface area contributed by atoms with Crippen molar-refractivity contribution in [2.24, 2.45) is 5.92 Å². The number of rotatable bonds is 7. The van der Waals surface area contributed by atoms with Gasteiger partial charge in [0.1, 0.15) is 6.54 Å². The zero-order valence-electron chi connectivity index (χ0n) is 17.5. The maximum absolute atomic E-state index is 12.3. The molecule has 6 nitrogen and oxygen atoms in total. The van der Waals surface area contributed by atoms with E-state index in [2.05, 4.69) is 34.4 Å². The molecule has 0 atom stereocenters. The molecular weight excluding hydrogens is 410 g/mol. The van der Waals surface area contributed by atoms with Gasteiger partial charge in [-0.3, -0.25) is 4.79 Å². The summed E-state index contributed by atoms with van der Waals surface area (Å²) in [5, 5.41) is 7.84. The number of fused-ring (bicyclic) bond motifs is 1. The van der Waals surface area contributed by atoms with Crippen LogP contribution in [0.5, 0.6) is 0 Å². The number of halogens is 1. The van der Waals surface area contributed by atoms with E-state index in [0.717, 1.165) is 27.8 Å². The Balaban J connectivity index is 1.60. The highest BCUT2D eigenvalue weighted by molar-refractivity contribution is 6.30. The van der Waals surface area contributed by atoms with E-state index in [1.807, 2.05) is 65.4 Å². The van der Waals surface area contributed by atoms with Crippen LogP contribution in [-0.2, 0) is 11.3 Å².